The van der Waals surface area contributed by atoms with Gasteiger partial charge in [-0.05, 0) is 85.9 Å². The van der Waals surface area contributed by atoms with Gasteiger partial charge in [-0.2, -0.15) is 37.7 Å². The van der Waals surface area contributed by atoms with E-state index in [-0.39, 0.29) is 76.7 Å². The number of carboxylic acid groups (broad SMARTS) is 1. The molecule has 32 nitrogen and oxygen atoms in total. The number of carboxylic acids is 1. The molecule has 0 spiro atoms. The molecule has 2 atom stereocenters. The van der Waals surface area contributed by atoms with Crippen molar-refractivity contribution in [3.8, 4) is 35.6 Å². The van der Waals surface area contributed by atoms with Gasteiger partial charge in [0.2, 0.25) is 39.7 Å². The Labute approximate surface area is 587 Å². The number of benzene rings is 2. The van der Waals surface area contributed by atoms with Crippen molar-refractivity contribution in [2.75, 3.05) is 112 Å². The summed E-state index contributed by atoms with van der Waals surface area (Å²) in [6.45, 7) is 13.6. The highest BCUT2D eigenvalue weighted by Gasteiger charge is 2.34. The summed E-state index contributed by atoms with van der Waals surface area (Å²) in [4.78, 5) is 108. The van der Waals surface area contributed by atoms with Gasteiger partial charge in [-0.25, -0.2) is 23.9 Å². The van der Waals surface area contributed by atoms with Gasteiger partial charge in [0, 0.05) is 63.4 Å². The summed E-state index contributed by atoms with van der Waals surface area (Å²) >= 11 is 18.2. The lowest BCUT2D eigenvalue weighted by atomic mass is 9.92. The van der Waals surface area contributed by atoms with Gasteiger partial charge >= 0.3 is 12.0 Å². The number of hydrogen-bond donors (Lipinski definition) is 7. The third-order valence-corrected chi connectivity index (χ3v) is 15.3. The first-order valence-corrected chi connectivity index (χ1v) is 36.6. The number of aliphatic carboxylic acids is 1. The molecule has 3 aliphatic heterocycles. The molecule has 3 aliphatic rings. The number of amides is 5. The third-order valence-electron chi connectivity index (χ3n) is 12.1. The number of methoxy groups -OCH3 is 2. The Kier molecular flexibility index (Phi) is 32.0. The predicted molar refractivity (Wildman–Crippen MR) is 370 cm³/mol. The van der Waals surface area contributed by atoms with Crippen LogP contribution in [0.15, 0.2) is 70.8 Å². The second kappa shape index (κ2) is 38.2. The summed E-state index contributed by atoms with van der Waals surface area (Å²) in [6, 6.07) is 13.2. The second-order valence-electron chi connectivity index (χ2n) is 22.1. The first kappa shape index (κ1) is 82.2. The SMILES string of the molecule is C#CCN1C(=O)COc2cc(F)c(/N=c3\snc4n3CC(C)(C)C4)cc21.CC1COc2ccccc2N1C(=O)C(Cl)Cl.CCNc1nc(Cl)nc(NC(C)C)n1.COc1cc(OC)nc(NC(=O)NS(=O)(=O)c2ncccc2C(=O)N(C)C)n1.C[S+](C)C.O=C(O)CNCP(=O)([O-])O. The number of aromatic nitrogens is 8. The highest BCUT2D eigenvalue weighted by Crippen LogP contribution is 2.38. The number of sulfonamides is 1. The number of fused-ring (bicyclic) bond motifs is 3. The molecule has 2 unspecified atom stereocenters. The van der Waals surface area contributed by atoms with Crippen molar-refractivity contribution in [1.82, 2.24) is 53.8 Å². The minimum Gasteiger partial charge on any atom is -0.778 e. The first-order valence-electron chi connectivity index (χ1n) is 28.9. The van der Waals surface area contributed by atoms with Gasteiger partial charge in [0.25, 0.3) is 27.7 Å². The van der Waals surface area contributed by atoms with Crippen molar-refractivity contribution in [3.05, 3.63) is 88.1 Å². The third kappa shape index (κ3) is 26.2. The number of carbonyl (C=O) groups excluding carboxylic acids is 4. The average Bonchev–Trinajstić information content (AvgIpc) is 1.84. The second-order valence-corrected chi connectivity index (χ2v) is 29.9. The van der Waals surface area contributed by atoms with Crippen molar-refractivity contribution in [1.29, 1.82) is 0 Å². The fourth-order valence-electron chi connectivity index (χ4n) is 8.18. The molecule has 0 fully saturated rings. The van der Waals surface area contributed by atoms with Crippen LogP contribution in [0.3, 0.4) is 0 Å². The van der Waals surface area contributed by atoms with Gasteiger partial charge in [0.15, 0.2) is 22.3 Å². The lowest BCUT2D eigenvalue weighted by Gasteiger charge is -2.35. The maximum atomic E-state index is 14.5. The maximum absolute atomic E-state index is 14.5. The molecule has 0 aliphatic carbocycles. The van der Waals surface area contributed by atoms with Crippen LogP contribution in [-0.4, -0.2) is 195 Å². The minimum atomic E-state index is -4.46. The number of halogens is 4. The van der Waals surface area contributed by atoms with Crippen molar-refractivity contribution in [2.24, 2.45) is 10.4 Å². The fourth-order valence-corrected chi connectivity index (χ4v) is 10.7. The molecule has 7 N–H and O–H groups in total. The summed E-state index contributed by atoms with van der Waals surface area (Å²) in [7, 11) is -2.56. The highest BCUT2D eigenvalue weighted by molar-refractivity contribution is 7.94. The van der Waals surface area contributed by atoms with Gasteiger partial charge in [-0.3, -0.25) is 34.7 Å². The van der Waals surface area contributed by atoms with E-state index < -0.39 is 64.0 Å². The topological polar surface area (TPSA) is 414 Å². The summed E-state index contributed by atoms with van der Waals surface area (Å²) in [6.07, 6.45) is 13.3. The van der Waals surface area contributed by atoms with Crippen LogP contribution in [-0.2, 0) is 52.8 Å². The molecular formula is C58H76Cl3FN17O15PS3. The molecule has 534 valence electrons. The zero-order valence-electron chi connectivity index (χ0n) is 55.5. The molecule has 0 bridgehead atoms. The molecule has 40 heteroatoms. The summed E-state index contributed by atoms with van der Waals surface area (Å²) in [5.74, 6) is 2.45. The molecule has 0 saturated carbocycles. The van der Waals surface area contributed by atoms with Gasteiger partial charge in [-0.1, -0.05) is 55.1 Å². The normalized spacial score (nSPS) is 14.6. The largest absolute Gasteiger partial charge is 0.778 e. The van der Waals surface area contributed by atoms with E-state index in [0.717, 1.165) is 31.0 Å². The number of ether oxygens (including phenoxy) is 4. The van der Waals surface area contributed by atoms with Crippen molar-refractivity contribution >= 4 is 139 Å². The van der Waals surface area contributed by atoms with E-state index in [1.807, 2.05) is 61.8 Å². The quantitative estimate of drug-likeness (QED) is 0.0260. The Hall–Kier alpha value is -8.24. The number of alkyl halides is 2. The van der Waals surface area contributed by atoms with Crippen LogP contribution in [0.5, 0.6) is 23.3 Å². The van der Waals surface area contributed by atoms with Gasteiger partial charge in [-0.15, -0.1) is 6.42 Å². The van der Waals surface area contributed by atoms with Crippen LogP contribution >= 0.6 is 53.9 Å². The van der Waals surface area contributed by atoms with Crippen LogP contribution in [0, 0.1) is 23.6 Å². The van der Waals surface area contributed by atoms with E-state index in [4.69, 9.17) is 70.2 Å². The summed E-state index contributed by atoms with van der Waals surface area (Å²) < 4.78 is 78.5. The molecular weight excluding hydrogens is 1430 g/mol. The molecule has 98 heavy (non-hydrogen) atoms. The number of anilines is 5. The lowest BCUT2D eigenvalue weighted by molar-refractivity contribution is -0.193. The Morgan fingerprint density at radius 1 is 0.990 bits per heavy atom. The van der Waals surface area contributed by atoms with E-state index in [9.17, 15) is 46.2 Å². The van der Waals surface area contributed by atoms with E-state index in [2.05, 4.69) is 93.8 Å². The summed E-state index contributed by atoms with van der Waals surface area (Å²) in [5.41, 5.74) is 1.21. The maximum Gasteiger partial charge on any atom is 0.335 e. The number of nitrogens with one attached hydrogen (secondary N) is 5. The van der Waals surface area contributed by atoms with Crippen molar-refractivity contribution < 1.29 is 75.2 Å². The number of terminal acetylenes is 1. The number of rotatable bonds is 17. The number of hydrogen-bond acceptors (Lipinski definition) is 25. The number of para-hydroxylation sites is 2. The molecule has 0 saturated heterocycles. The smallest absolute Gasteiger partial charge is 0.335 e. The van der Waals surface area contributed by atoms with Crippen LogP contribution in [0.2, 0.25) is 5.28 Å². The molecule has 7 heterocycles. The highest BCUT2D eigenvalue weighted by atomic mass is 35.5. The molecule has 0 radical (unpaired) electrons. The molecule has 5 amide bonds. The minimum absolute atomic E-state index is 0.0672. The van der Waals surface area contributed by atoms with Crippen LogP contribution in [0.1, 0.15) is 57.7 Å². The van der Waals surface area contributed by atoms with E-state index in [0.29, 0.717) is 51.4 Å². The lowest BCUT2D eigenvalue weighted by Crippen LogP contribution is -2.47. The Bertz CT molecular complexity index is 4010. The number of urea groups is 1. The van der Waals surface area contributed by atoms with Gasteiger partial charge in [0.1, 0.15) is 37.2 Å². The average molecular weight is 1500 g/mol. The predicted octanol–water partition coefficient (Wildman–Crippen LogP) is 5.40. The molecule has 6 aromatic rings. The molecule has 2 aromatic carbocycles. The zero-order valence-corrected chi connectivity index (χ0v) is 61.1. The van der Waals surface area contributed by atoms with Gasteiger partial charge < -0.3 is 63.4 Å². The fraction of sp³-hybridized carbons (Fsp3) is 0.431. The molecule has 9 rings (SSSR count). The van der Waals surface area contributed by atoms with Crippen molar-refractivity contribution in [2.45, 2.75) is 76.5 Å². The van der Waals surface area contributed by atoms with Crippen molar-refractivity contribution in [3.63, 3.8) is 0 Å². The zero-order chi connectivity index (χ0) is 73.4. The Morgan fingerprint density at radius 3 is 2.21 bits per heavy atom. The number of nitrogens with zero attached hydrogens (tertiary/aromatic N) is 12. The number of pyridine rings is 1. The Balaban J connectivity index is 0.000000268. The van der Waals surface area contributed by atoms with Crippen LogP contribution in [0.4, 0.5) is 44.1 Å². The van der Waals surface area contributed by atoms with E-state index >= 15 is 0 Å². The Morgan fingerprint density at radius 2 is 1.63 bits per heavy atom. The summed E-state index contributed by atoms with van der Waals surface area (Å²) in [5, 5.41) is 17.8. The monoisotopic (exact) mass is 1500 g/mol. The molecule has 4 aromatic heterocycles. The van der Waals surface area contributed by atoms with E-state index in [1.165, 1.54) is 86.2 Å². The number of carbonyl (C=O) groups is 5. The van der Waals surface area contributed by atoms with Crippen LogP contribution < -0.4 is 64.4 Å². The van der Waals surface area contributed by atoms with E-state index in [1.54, 1.807) is 9.62 Å². The van der Waals surface area contributed by atoms with Crippen LogP contribution in [0.25, 0.3) is 0 Å². The van der Waals surface area contributed by atoms with Gasteiger partial charge in [0.05, 0.1) is 81.4 Å². The standard InChI is InChI=1S/C18H17FN4O2S.C15H18N6O6S.C11H11Cl2NO2.C8H14ClN5.C3H8NO5P.C3H9S/c1-4-5-22-13-7-12(11(19)6-14(13)25-9-16(22)24)20-17-23-10-18(2,3)8-15(23)21-26-17;1-21(2)13(22)9-6-5-7-16-12(9)28(24,25)20-15(23)19-14-17-10(26-3)8-11(18-14)27-4;1-7-6-16-9-5-3-2-4-8(9)14(7)11(15)10(12)13;1-4-10-7-12-6(9)13-8(14-7)11-5(2)3;5-3(6)1-4-2-10(7,8)9;1-4(2)3/h1,6-7H,5,8-10H2,2-3H3;5-8H,1-4H3,(H2,17,18,19,20,23);2-5,7,10H,6H2,1H3;5H,4H2,1-3H3,(H2,10,11,12,13,14);4H,1-2H2,(H,5,6)(H2,7,8,9);1-3H3/q;;;;;+1/p-1/b20-17-;;;;;. The first-order chi connectivity index (χ1) is 45.9.